The molecule has 0 fully saturated rings. The molecule has 2 rings (SSSR count). The molecule has 1 unspecified atom stereocenters. The number of thiol groups is 1. The molecule has 102 valence electrons. The molecule has 1 aromatic carbocycles. The van der Waals surface area contributed by atoms with Crippen molar-refractivity contribution in [2.24, 2.45) is 0 Å². The number of hydrogen-bond donors (Lipinski definition) is 1. The highest BCUT2D eigenvalue weighted by Crippen LogP contribution is 2.23. The molecule has 0 aliphatic heterocycles. The van der Waals surface area contributed by atoms with E-state index in [0.29, 0.717) is 5.92 Å². The predicted molar refractivity (Wildman–Crippen MR) is 91.4 cm³/mol. The maximum Gasteiger partial charge on any atom is 0.0701 e. The third kappa shape index (κ3) is 4.63. The molecule has 0 aliphatic rings. The minimum absolute atomic E-state index is 0.483. The summed E-state index contributed by atoms with van der Waals surface area (Å²) in [6.45, 7) is 2.01. The van der Waals surface area contributed by atoms with Crippen LogP contribution in [0.4, 0.5) is 0 Å². The Balaban J connectivity index is 1.95. The zero-order valence-corrected chi connectivity index (χ0v) is 14.2. The first-order valence-corrected chi connectivity index (χ1v) is 8.57. The summed E-state index contributed by atoms with van der Waals surface area (Å²) < 4.78 is 1.20. The van der Waals surface area contributed by atoms with Crippen molar-refractivity contribution in [3.05, 3.63) is 56.7 Å². The molecule has 2 aromatic rings. The Labute approximate surface area is 133 Å². The van der Waals surface area contributed by atoms with Crippen molar-refractivity contribution in [1.29, 1.82) is 0 Å². The lowest BCUT2D eigenvalue weighted by Crippen LogP contribution is -2.25. The van der Waals surface area contributed by atoms with Gasteiger partial charge in [0.1, 0.15) is 0 Å². The van der Waals surface area contributed by atoms with E-state index >= 15 is 0 Å². The van der Waals surface area contributed by atoms with E-state index in [1.807, 2.05) is 0 Å². The van der Waals surface area contributed by atoms with Gasteiger partial charge in [-0.05, 0) is 51.3 Å². The molecule has 0 bridgehead atoms. The van der Waals surface area contributed by atoms with Crippen molar-refractivity contribution in [2.45, 2.75) is 12.5 Å². The second kappa shape index (κ2) is 7.48. The summed E-state index contributed by atoms with van der Waals surface area (Å²) in [5.41, 5.74) is 2.74. The largest absolute Gasteiger partial charge is 0.301 e. The van der Waals surface area contributed by atoms with E-state index in [1.54, 1.807) is 11.3 Å². The van der Waals surface area contributed by atoms with Gasteiger partial charge in [-0.3, -0.25) is 0 Å². The molecule has 19 heavy (non-hydrogen) atoms. The first kappa shape index (κ1) is 15.1. The van der Waals surface area contributed by atoms with Crippen molar-refractivity contribution in [3.63, 3.8) is 0 Å². The SMILES string of the molecule is CN(Cc1csc(Br)c1)CC(CS)c1ccccc1. The van der Waals surface area contributed by atoms with Crippen LogP contribution >= 0.6 is 39.9 Å². The minimum atomic E-state index is 0.483. The number of benzene rings is 1. The quantitative estimate of drug-likeness (QED) is 0.737. The Morgan fingerprint density at radius 2 is 2.05 bits per heavy atom. The van der Waals surface area contributed by atoms with Gasteiger partial charge in [-0.1, -0.05) is 30.3 Å². The molecular formula is C15H18BrNS2. The number of likely N-dealkylation sites (N-methyl/N-ethyl adjacent to an activating group) is 1. The molecule has 0 aliphatic carbocycles. The van der Waals surface area contributed by atoms with Crippen molar-refractivity contribution >= 4 is 39.9 Å². The Hall–Kier alpha value is -0.290. The van der Waals surface area contributed by atoms with Gasteiger partial charge in [-0.25, -0.2) is 0 Å². The molecule has 4 heteroatoms. The fourth-order valence-corrected chi connectivity index (χ4v) is 3.70. The molecular weight excluding hydrogens is 338 g/mol. The van der Waals surface area contributed by atoms with Gasteiger partial charge >= 0.3 is 0 Å². The Kier molecular flexibility index (Phi) is 5.95. The number of rotatable bonds is 6. The van der Waals surface area contributed by atoms with Crippen molar-refractivity contribution in [3.8, 4) is 0 Å². The fourth-order valence-electron chi connectivity index (χ4n) is 2.17. The Morgan fingerprint density at radius 3 is 2.63 bits per heavy atom. The van der Waals surface area contributed by atoms with Crippen molar-refractivity contribution < 1.29 is 0 Å². The van der Waals surface area contributed by atoms with Gasteiger partial charge in [-0.15, -0.1) is 11.3 Å². The van der Waals surface area contributed by atoms with Crippen LogP contribution in [-0.4, -0.2) is 24.2 Å². The summed E-state index contributed by atoms with van der Waals surface area (Å²) in [5, 5.41) is 2.21. The fraction of sp³-hybridized carbons (Fsp3) is 0.333. The molecule has 1 atom stereocenters. The van der Waals surface area contributed by atoms with Gasteiger partial charge in [0.05, 0.1) is 3.79 Å². The number of thiophene rings is 1. The zero-order valence-electron chi connectivity index (χ0n) is 10.9. The third-order valence-electron chi connectivity index (χ3n) is 3.10. The molecule has 1 nitrogen and oxygen atoms in total. The smallest absolute Gasteiger partial charge is 0.0701 e. The summed E-state index contributed by atoms with van der Waals surface area (Å²) in [6.07, 6.45) is 0. The summed E-state index contributed by atoms with van der Waals surface area (Å²) in [5.74, 6) is 1.36. The van der Waals surface area contributed by atoms with Crippen LogP contribution in [0, 0.1) is 0 Å². The first-order chi connectivity index (χ1) is 9.19. The average molecular weight is 356 g/mol. The summed E-state index contributed by atoms with van der Waals surface area (Å²) in [7, 11) is 2.17. The van der Waals surface area contributed by atoms with Gasteiger partial charge in [0.25, 0.3) is 0 Å². The van der Waals surface area contributed by atoms with E-state index in [-0.39, 0.29) is 0 Å². The Morgan fingerprint density at radius 1 is 1.32 bits per heavy atom. The van der Waals surface area contributed by atoms with Crippen LogP contribution in [0.25, 0.3) is 0 Å². The lowest BCUT2D eigenvalue weighted by Gasteiger charge is -2.23. The molecule has 0 saturated carbocycles. The van der Waals surface area contributed by atoms with E-state index in [9.17, 15) is 0 Å². The second-order valence-corrected chi connectivity index (χ2v) is 7.40. The standard InChI is InChI=1S/C15H18BrNS2/c1-17(8-12-7-15(16)19-11-12)9-14(10-18)13-5-3-2-4-6-13/h2-7,11,14,18H,8-10H2,1H3. The number of halogens is 1. The first-order valence-electron chi connectivity index (χ1n) is 6.26. The van der Waals surface area contributed by atoms with Gasteiger partial charge in [0.15, 0.2) is 0 Å². The molecule has 0 N–H and O–H groups in total. The van der Waals surface area contributed by atoms with E-state index in [2.05, 4.69) is 82.3 Å². The lowest BCUT2D eigenvalue weighted by atomic mass is 10.0. The van der Waals surface area contributed by atoms with E-state index in [4.69, 9.17) is 0 Å². The summed E-state index contributed by atoms with van der Waals surface area (Å²) >= 11 is 9.75. The van der Waals surface area contributed by atoms with Crippen LogP contribution in [0.1, 0.15) is 17.0 Å². The normalized spacial score (nSPS) is 12.8. The van der Waals surface area contributed by atoms with Gasteiger partial charge in [0.2, 0.25) is 0 Å². The number of nitrogens with zero attached hydrogens (tertiary/aromatic N) is 1. The second-order valence-electron chi connectivity index (χ2n) is 4.75. The molecule has 1 aromatic heterocycles. The van der Waals surface area contributed by atoms with Crippen molar-refractivity contribution in [2.75, 3.05) is 19.3 Å². The maximum absolute atomic E-state index is 4.50. The highest BCUT2D eigenvalue weighted by atomic mass is 79.9. The van der Waals surface area contributed by atoms with Crippen LogP contribution in [0.2, 0.25) is 0 Å². The molecule has 0 saturated heterocycles. The van der Waals surface area contributed by atoms with Crippen LogP contribution in [0.3, 0.4) is 0 Å². The maximum atomic E-state index is 4.50. The third-order valence-corrected chi connectivity index (χ3v) is 5.09. The molecule has 0 spiro atoms. The van der Waals surface area contributed by atoms with Gasteiger partial charge < -0.3 is 4.90 Å². The van der Waals surface area contributed by atoms with Gasteiger partial charge in [-0.2, -0.15) is 12.6 Å². The van der Waals surface area contributed by atoms with E-state index < -0.39 is 0 Å². The summed E-state index contributed by atoms with van der Waals surface area (Å²) in [6, 6.07) is 12.8. The van der Waals surface area contributed by atoms with Crippen LogP contribution in [-0.2, 0) is 6.54 Å². The zero-order chi connectivity index (χ0) is 13.7. The summed E-state index contributed by atoms with van der Waals surface area (Å²) in [4.78, 5) is 2.36. The van der Waals surface area contributed by atoms with Crippen LogP contribution < -0.4 is 0 Å². The van der Waals surface area contributed by atoms with Crippen LogP contribution in [0.15, 0.2) is 45.6 Å². The molecule has 0 radical (unpaired) electrons. The highest BCUT2D eigenvalue weighted by Gasteiger charge is 2.12. The predicted octanol–water partition coefficient (Wildman–Crippen LogP) is 4.66. The molecule has 0 amide bonds. The average Bonchev–Trinajstić information content (AvgIpc) is 2.82. The minimum Gasteiger partial charge on any atom is -0.301 e. The monoisotopic (exact) mass is 355 g/mol. The topological polar surface area (TPSA) is 3.24 Å². The Bertz CT molecular complexity index is 498. The lowest BCUT2D eigenvalue weighted by molar-refractivity contribution is 0.311. The number of hydrogen-bond acceptors (Lipinski definition) is 3. The molecule has 1 heterocycles. The van der Waals surface area contributed by atoms with E-state index in [0.717, 1.165) is 18.8 Å². The van der Waals surface area contributed by atoms with Crippen molar-refractivity contribution in [1.82, 2.24) is 4.90 Å². The van der Waals surface area contributed by atoms with E-state index in [1.165, 1.54) is 14.9 Å². The highest BCUT2D eigenvalue weighted by molar-refractivity contribution is 9.11. The van der Waals surface area contributed by atoms with Gasteiger partial charge in [0, 0.05) is 19.0 Å². The van der Waals surface area contributed by atoms with Crippen LogP contribution in [0.5, 0.6) is 0 Å².